The molecule has 0 radical (unpaired) electrons. The van der Waals surface area contributed by atoms with Gasteiger partial charge in [-0.05, 0) is 44.6 Å². The molecule has 12 heavy (non-hydrogen) atoms. The Morgan fingerprint density at radius 3 is 2.92 bits per heavy atom. The molecule has 0 saturated heterocycles. The Morgan fingerprint density at radius 1 is 1.75 bits per heavy atom. The van der Waals surface area contributed by atoms with Gasteiger partial charge in [-0.1, -0.05) is 0 Å². The molecule has 0 bridgehead atoms. The molecule has 64 valence electrons. The lowest BCUT2D eigenvalue weighted by Gasteiger charge is -2.01. The monoisotopic (exact) mass is 340 g/mol. The highest BCUT2D eigenvalue weighted by atomic mass is 127. The summed E-state index contributed by atoms with van der Waals surface area (Å²) >= 11 is 5.39. The van der Waals surface area contributed by atoms with Crippen LogP contribution in [0.3, 0.4) is 0 Å². The number of carbonyl (C=O) groups is 1. The zero-order chi connectivity index (χ0) is 9.14. The minimum Gasteiger partial charge on any atom is -0.354 e. The van der Waals surface area contributed by atoms with Crippen molar-refractivity contribution in [2.45, 2.75) is 0 Å². The molecule has 0 spiro atoms. The van der Waals surface area contributed by atoms with E-state index in [1.165, 1.54) is 0 Å². The topological polar surface area (TPSA) is 42.0 Å². The molecule has 1 aromatic rings. The van der Waals surface area contributed by atoms with Gasteiger partial charge in [0.15, 0.2) is 0 Å². The molecular formula is C7H6BrIN2O. The fourth-order valence-electron chi connectivity index (χ4n) is 0.700. The van der Waals surface area contributed by atoms with Crippen LogP contribution in [-0.2, 0) is 0 Å². The summed E-state index contributed by atoms with van der Waals surface area (Å²) in [5.41, 5.74) is 0.415. The first-order chi connectivity index (χ1) is 5.65. The Balaban J connectivity index is 3.09. The molecule has 1 rings (SSSR count). The minimum absolute atomic E-state index is 0.182. The van der Waals surface area contributed by atoms with Crippen LogP contribution in [0.5, 0.6) is 0 Å². The molecule has 1 amide bonds. The fraction of sp³-hybridized carbons (Fsp3) is 0.143. The Morgan fingerprint density at radius 2 is 2.42 bits per heavy atom. The molecule has 1 aromatic heterocycles. The Kier molecular flexibility index (Phi) is 3.45. The first-order valence-electron chi connectivity index (χ1n) is 3.18. The van der Waals surface area contributed by atoms with E-state index >= 15 is 0 Å². The predicted octanol–water partition coefficient (Wildman–Crippen LogP) is 1.81. The summed E-state index contributed by atoms with van der Waals surface area (Å²) in [5, 5.41) is 2.51. The molecule has 3 nitrogen and oxygen atoms in total. The number of nitrogens with one attached hydrogen (secondary N) is 1. The molecule has 1 heterocycles. The highest BCUT2D eigenvalue weighted by Gasteiger charge is 2.09. The maximum atomic E-state index is 11.1. The van der Waals surface area contributed by atoms with Crippen LogP contribution in [-0.4, -0.2) is 17.9 Å². The Labute approximate surface area is 92.2 Å². The van der Waals surface area contributed by atoms with Gasteiger partial charge in [0.2, 0.25) is 0 Å². The average Bonchev–Trinajstić information content (AvgIpc) is 2.03. The van der Waals surface area contributed by atoms with E-state index in [4.69, 9.17) is 0 Å². The SMILES string of the molecule is CNC(=O)c1ncc(I)cc1Br. The summed E-state index contributed by atoms with van der Waals surface area (Å²) in [7, 11) is 1.58. The van der Waals surface area contributed by atoms with E-state index in [-0.39, 0.29) is 5.91 Å². The first-order valence-corrected chi connectivity index (χ1v) is 5.05. The van der Waals surface area contributed by atoms with Crippen LogP contribution < -0.4 is 5.32 Å². The molecule has 0 saturated carbocycles. The number of hydrogen-bond donors (Lipinski definition) is 1. The molecule has 0 unspecified atom stereocenters. The summed E-state index contributed by atoms with van der Waals surface area (Å²) in [6.45, 7) is 0. The van der Waals surface area contributed by atoms with Crippen LogP contribution in [0.1, 0.15) is 10.5 Å². The first kappa shape index (κ1) is 9.91. The summed E-state index contributed by atoms with van der Waals surface area (Å²) in [4.78, 5) is 15.1. The molecule has 0 atom stereocenters. The molecule has 1 N–H and O–H groups in total. The number of aromatic nitrogens is 1. The third-order valence-corrected chi connectivity index (χ3v) is 2.44. The van der Waals surface area contributed by atoms with E-state index < -0.39 is 0 Å². The van der Waals surface area contributed by atoms with Gasteiger partial charge >= 0.3 is 0 Å². The molecule has 5 heteroatoms. The number of halogens is 2. The molecule has 0 aromatic carbocycles. The van der Waals surface area contributed by atoms with Crippen LogP contribution in [0.4, 0.5) is 0 Å². The van der Waals surface area contributed by atoms with Gasteiger partial charge in [-0.15, -0.1) is 0 Å². The highest BCUT2D eigenvalue weighted by Crippen LogP contribution is 2.16. The van der Waals surface area contributed by atoms with E-state index in [9.17, 15) is 4.79 Å². The van der Waals surface area contributed by atoms with Gasteiger partial charge in [-0.2, -0.15) is 0 Å². The number of carbonyl (C=O) groups excluding carboxylic acids is 1. The van der Waals surface area contributed by atoms with Crippen molar-refractivity contribution in [3.05, 3.63) is 26.0 Å². The van der Waals surface area contributed by atoms with Crippen molar-refractivity contribution in [1.82, 2.24) is 10.3 Å². The van der Waals surface area contributed by atoms with Crippen molar-refractivity contribution in [3.63, 3.8) is 0 Å². The van der Waals surface area contributed by atoms with Crippen molar-refractivity contribution >= 4 is 44.4 Å². The zero-order valence-corrected chi connectivity index (χ0v) is 10.0. The van der Waals surface area contributed by atoms with E-state index in [0.717, 1.165) is 3.57 Å². The quantitative estimate of drug-likeness (QED) is 0.792. The van der Waals surface area contributed by atoms with Gasteiger partial charge in [0.1, 0.15) is 5.69 Å². The van der Waals surface area contributed by atoms with Crippen LogP contribution in [0.25, 0.3) is 0 Å². The average molecular weight is 341 g/mol. The van der Waals surface area contributed by atoms with Crippen molar-refractivity contribution < 1.29 is 4.79 Å². The molecule has 0 fully saturated rings. The number of rotatable bonds is 1. The normalized spacial score (nSPS) is 9.58. The fourth-order valence-corrected chi connectivity index (χ4v) is 2.11. The van der Waals surface area contributed by atoms with E-state index in [2.05, 4.69) is 48.8 Å². The number of hydrogen-bond acceptors (Lipinski definition) is 2. The third kappa shape index (κ3) is 2.16. The number of nitrogens with zero attached hydrogens (tertiary/aromatic N) is 1. The summed E-state index contributed by atoms with van der Waals surface area (Å²) in [6, 6.07) is 1.85. The van der Waals surface area contributed by atoms with Gasteiger partial charge in [-0.3, -0.25) is 4.79 Å². The zero-order valence-electron chi connectivity index (χ0n) is 6.27. The van der Waals surface area contributed by atoms with Gasteiger partial charge in [0, 0.05) is 21.3 Å². The lowest BCUT2D eigenvalue weighted by Crippen LogP contribution is -2.19. The number of pyridine rings is 1. The molecule has 0 aliphatic rings. The molecular weight excluding hydrogens is 335 g/mol. The number of amides is 1. The summed E-state index contributed by atoms with van der Waals surface area (Å²) in [6.07, 6.45) is 1.65. The second kappa shape index (κ2) is 4.18. The van der Waals surface area contributed by atoms with Crippen LogP contribution in [0.2, 0.25) is 0 Å². The van der Waals surface area contributed by atoms with Gasteiger partial charge < -0.3 is 5.32 Å². The molecule has 0 aliphatic heterocycles. The van der Waals surface area contributed by atoms with Crippen molar-refractivity contribution in [1.29, 1.82) is 0 Å². The summed E-state index contributed by atoms with van der Waals surface area (Å²) < 4.78 is 1.71. The summed E-state index contributed by atoms with van der Waals surface area (Å²) in [5.74, 6) is -0.182. The van der Waals surface area contributed by atoms with E-state index in [1.807, 2.05) is 6.07 Å². The minimum atomic E-state index is -0.182. The van der Waals surface area contributed by atoms with Crippen molar-refractivity contribution in [2.24, 2.45) is 0 Å². The molecule has 0 aliphatic carbocycles. The largest absolute Gasteiger partial charge is 0.354 e. The van der Waals surface area contributed by atoms with Crippen molar-refractivity contribution in [3.8, 4) is 0 Å². The second-order valence-corrected chi connectivity index (χ2v) is 4.16. The van der Waals surface area contributed by atoms with Crippen LogP contribution >= 0.6 is 38.5 Å². The lowest BCUT2D eigenvalue weighted by atomic mass is 10.3. The standard InChI is InChI=1S/C7H6BrIN2O/c1-10-7(12)6-5(8)2-4(9)3-11-6/h2-3H,1H3,(H,10,12). The van der Waals surface area contributed by atoms with Crippen LogP contribution in [0.15, 0.2) is 16.7 Å². The lowest BCUT2D eigenvalue weighted by molar-refractivity contribution is 0.0957. The van der Waals surface area contributed by atoms with E-state index in [0.29, 0.717) is 10.2 Å². The van der Waals surface area contributed by atoms with Gasteiger partial charge in [-0.25, -0.2) is 4.98 Å². The van der Waals surface area contributed by atoms with Gasteiger partial charge in [0.25, 0.3) is 5.91 Å². The van der Waals surface area contributed by atoms with Crippen molar-refractivity contribution in [2.75, 3.05) is 7.05 Å². The third-order valence-electron chi connectivity index (χ3n) is 1.25. The maximum Gasteiger partial charge on any atom is 0.270 e. The second-order valence-electron chi connectivity index (χ2n) is 2.06. The van der Waals surface area contributed by atoms with Crippen LogP contribution in [0, 0.1) is 3.57 Å². The maximum absolute atomic E-state index is 11.1. The Bertz CT molecular complexity index is 316. The van der Waals surface area contributed by atoms with E-state index in [1.54, 1.807) is 13.2 Å². The van der Waals surface area contributed by atoms with Gasteiger partial charge in [0.05, 0.1) is 0 Å². The smallest absolute Gasteiger partial charge is 0.270 e. The Hall–Kier alpha value is -0.170. The highest BCUT2D eigenvalue weighted by molar-refractivity contribution is 14.1. The predicted molar refractivity (Wildman–Crippen MR) is 58.0 cm³/mol.